The Bertz CT molecular complexity index is 1470. The minimum Gasteiger partial charge on any atom is -0.400 e. The molecule has 6 aromatic rings. The fraction of sp³-hybridized carbons (Fsp3) is 0.0270. The maximum Gasteiger partial charge on any atom is 0.410 e. The second-order valence-electron chi connectivity index (χ2n) is 10.1. The van der Waals surface area contributed by atoms with Crippen LogP contribution in [0.2, 0.25) is 0 Å². The van der Waals surface area contributed by atoms with Gasteiger partial charge in [-0.15, -0.1) is 0 Å². The summed E-state index contributed by atoms with van der Waals surface area (Å²) in [7, 11) is -6.92. The van der Waals surface area contributed by atoms with Gasteiger partial charge in [0, 0.05) is 16.9 Å². The number of hydrogen-bond acceptors (Lipinski definition) is 4. The zero-order valence-electron chi connectivity index (χ0n) is 23.7. The smallest absolute Gasteiger partial charge is 0.400 e. The van der Waals surface area contributed by atoms with Gasteiger partial charge in [0.2, 0.25) is 0 Å². The number of hydrogen-bond donors (Lipinski definition) is 0. The van der Waals surface area contributed by atoms with Crippen LogP contribution >= 0.6 is 12.0 Å². The Morgan fingerprint density at radius 2 is 0.744 bits per heavy atom. The van der Waals surface area contributed by atoms with Gasteiger partial charge in [-0.2, -0.15) is 0 Å². The Morgan fingerprint density at radius 3 is 1.16 bits per heavy atom. The molecular weight excluding hydrogens is 581 g/mol. The normalized spacial score (nSPS) is 11.7. The van der Waals surface area contributed by atoms with Crippen molar-refractivity contribution in [3.63, 3.8) is 0 Å². The third-order valence-corrected chi connectivity index (χ3v) is 16.1. The molecule has 0 saturated carbocycles. The zero-order valence-corrected chi connectivity index (χ0v) is 26.5. The van der Waals surface area contributed by atoms with E-state index in [0.29, 0.717) is 6.61 Å². The first-order valence-corrected chi connectivity index (χ1v) is 18.7. The van der Waals surface area contributed by atoms with Gasteiger partial charge in [-0.1, -0.05) is 170 Å². The highest BCUT2D eigenvalue weighted by molar-refractivity contribution is 7.95. The largest absolute Gasteiger partial charge is 0.410 e. The molecule has 6 heteroatoms. The van der Waals surface area contributed by atoms with Crippen LogP contribution in [-0.4, -0.2) is 17.1 Å². The van der Waals surface area contributed by atoms with E-state index in [2.05, 4.69) is 121 Å². The Morgan fingerprint density at radius 1 is 0.395 bits per heavy atom. The van der Waals surface area contributed by atoms with Gasteiger partial charge in [0.25, 0.3) is 0 Å². The van der Waals surface area contributed by atoms with E-state index in [9.17, 15) is 0 Å². The molecule has 0 amide bonds. The van der Waals surface area contributed by atoms with Gasteiger partial charge < -0.3 is 12.4 Å². The maximum atomic E-state index is 7.83. The van der Waals surface area contributed by atoms with Gasteiger partial charge >= 0.3 is 17.1 Å². The van der Waals surface area contributed by atoms with Crippen LogP contribution in [0.3, 0.4) is 0 Å². The third-order valence-electron chi connectivity index (χ3n) is 7.19. The monoisotopic (exact) mass is 612 g/mol. The number of benzene rings is 6. The highest BCUT2D eigenvalue weighted by atomic mass is 32.2. The van der Waals surface area contributed by atoms with Crippen molar-refractivity contribution >= 4 is 49.9 Å². The van der Waals surface area contributed by atoms with Crippen molar-refractivity contribution in [1.82, 2.24) is 0 Å². The summed E-state index contributed by atoms with van der Waals surface area (Å²) in [5, 5.41) is 4.07. The molecule has 0 N–H and O–H groups in total. The summed E-state index contributed by atoms with van der Waals surface area (Å²) >= 11 is 1.37. The molecule has 0 aliphatic heterocycles. The number of rotatable bonds is 12. The van der Waals surface area contributed by atoms with E-state index in [-0.39, 0.29) is 0 Å². The van der Waals surface area contributed by atoms with E-state index in [4.69, 9.17) is 12.4 Å². The van der Waals surface area contributed by atoms with Crippen LogP contribution in [0.15, 0.2) is 187 Å². The van der Waals surface area contributed by atoms with Gasteiger partial charge in [0.05, 0.1) is 6.61 Å². The Hall–Kier alpha value is -4.02. The van der Waals surface area contributed by atoms with Crippen molar-refractivity contribution < 1.29 is 12.4 Å². The van der Waals surface area contributed by atoms with E-state index < -0.39 is 17.1 Å². The predicted octanol–water partition coefficient (Wildman–Crippen LogP) is 6.46. The maximum absolute atomic E-state index is 7.83. The Balaban J connectivity index is 1.58. The average Bonchev–Trinajstić information content (AvgIpc) is 3.11. The summed E-state index contributed by atoms with van der Waals surface area (Å²) in [6.07, 6.45) is 0. The van der Waals surface area contributed by atoms with Crippen molar-refractivity contribution in [2.45, 2.75) is 11.5 Å². The van der Waals surface area contributed by atoms with Crippen molar-refractivity contribution in [3.8, 4) is 0 Å². The lowest BCUT2D eigenvalue weighted by molar-refractivity contribution is 0.239. The fourth-order valence-corrected chi connectivity index (χ4v) is 15.0. The highest BCUT2D eigenvalue weighted by Crippen LogP contribution is 2.28. The van der Waals surface area contributed by atoms with Crippen LogP contribution < -0.4 is 20.7 Å². The standard InChI is InChI=1S/C37H32O3SSi2/c1-7-19-32(20-8-1)31-38-42(34-23-11-3-12-24-34,35-25-13-4-14-26-35)40-43(36-27-15-5-16-28-36,37-29-17-6-18-30-37)39-41-33-21-9-2-10-22-33/h1-30H,31H2. The summed E-state index contributed by atoms with van der Waals surface area (Å²) in [5.41, 5.74) is 1.08. The van der Waals surface area contributed by atoms with E-state index >= 15 is 0 Å². The average molecular weight is 613 g/mol. The molecule has 0 spiro atoms. The second kappa shape index (κ2) is 14.0. The van der Waals surface area contributed by atoms with Crippen molar-refractivity contribution in [2.24, 2.45) is 0 Å². The highest BCUT2D eigenvalue weighted by Gasteiger charge is 2.55. The fourth-order valence-electron chi connectivity index (χ4n) is 5.05. The summed E-state index contributed by atoms with van der Waals surface area (Å²) in [4.78, 5) is 1.01. The van der Waals surface area contributed by atoms with Crippen LogP contribution in [-0.2, 0) is 19.0 Å². The van der Waals surface area contributed by atoms with Crippen LogP contribution in [0.5, 0.6) is 0 Å². The molecule has 212 valence electrons. The lowest BCUT2D eigenvalue weighted by Crippen LogP contribution is -2.74. The molecule has 0 aliphatic rings. The Kier molecular flexibility index (Phi) is 9.45. The lowest BCUT2D eigenvalue weighted by atomic mass is 10.2. The molecule has 0 atom stereocenters. The van der Waals surface area contributed by atoms with E-state index in [0.717, 1.165) is 31.2 Å². The first-order chi connectivity index (χ1) is 21.3. The summed E-state index contributed by atoms with van der Waals surface area (Å²) < 4.78 is 22.2. The molecule has 43 heavy (non-hydrogen) atoms. The molecule has 0 heterocycles. The Labute approximate surface area is 260 Å². The zero-order chi connectivity index (χ0) is 29.2. The molecular formula is C37H32O3SSi2. The predicted molar refractivity (Wildman–Crippen MR) is 182 cm³/mol. The summed E-state index contributed by atoms with van der Waals surface area (Å²) in [6, 6.07) is 62.1. The van der Waals surface area contributed by atoms with Crippen LogP contribution in [0.4, 0.5) is 0 Å². The minimum atomic E-state index is -3.47. The van der Waals surface area contributed by atoms with E-state index in [1.54, 1.807) is 0 Å². The van der Waals surface area contributed by atoms with Crippen molar-refractivity contribution in [1.29, 1.82) is 0 Å². The molecule has 0 bridgehead atoms. The topological polar surface area (TPSA) is 27.7 Å². The molecule has 3 nitrogen and oxygen atoms in total. The van der Waals surface area contributed by atoms with E-state index in [1.165, 1.54) is 12.0 Å². The van der Waals surface area contributed by atoms with Gasteiger partial charge in [-0.3, -0.25) is 0 Å². The molecule has 0 unspecified atom stereocenters. The molecule has 0 fully saturated rings. The molecule has 0 aromatic heterocycles. The van der Waals surface area contributed by atoms with Gasteiger partial charge in [-0.25, -0.2) is 0 Å². The second-order valence-corrected chi connectivity index (χ2v) is 17.2. The third kappa shape index (κ3) is 6.65. The van der Waals surface area contributed by atoms with Gasteiger partial charge in [-0.05, 0) is 38.4 Å². The van der Waals surface area contributed by atoms with E-state index in [1.807, 2.05) is 60.7 Å². The minimum absolute atomic E-state index is 0.400. The first-order valence-electron chi connectivity index (χ1n) is 14.3. The van der Waals surface area contributed by atoms with Crippen molar-refractivity contribution in [2.75, 3.05) is 0 Å². The lowest BCUT2D eigenvalue weighted by Gasteiger charge is -2.40. The quantitative estimate of drug-likeness (QED) is 0.117. The van der Waals surface area contributed by atoms with Crippen LogP contribution in [0, 0.1) is 0 Å². The molecule has 6 aromatic carbocycles. The molecule has 0 aliphatic carbocycles. The van der Waals surface area contributed by atoms with Gasteiger partial charge in [0.15, 0.2) is 0 Å². The SMILES string of the molecule is c1ccc(CO[Si](O[Si](OSc2ccccc2)(c2ccccc2)c2ccccc2)(c2ccccc2)c2ccccc2)cc1. The molecule has 0 saturated heterocycles. The van der Waals surface area contributed by atoms with Crippen molar-refractivity contribution in [3.05, 3.63) is 188 Å². The molecule has 6 rings (SSSR count). The van der Waals surface area contributed by atoms with Crippen LogP contribution in [0.1, 0.15) is 5.56 Å². The summed E-state index contributed by atoms with van der Waals surface area (Å²) in [6.45, 7) is 0.400. The summed E-state index contributed by atoms with van der Waals surface area (Å²) in [5.74, 6) is 0. The first kappa shape index (κ1) is 29.1. The van der Waals surface area contributed by atoms with Crippen LogP contribution in [0.25, 0.3) is 0 Å². The molecule has 0 radical (unpaired) electrons. The van der Waals surface area contributed by atoms with Gasteiger partial charge in [0.1, 0.15) is 0 Å².